The van der Waals surface area contributed by atoms with Gasteiger partial charge >= 0.3 is 0 Å². The first-order chi connectivity index (χ1) is 18.9. The van der Waals surface area contributed by atoms with E-state index in [1.54, 1.807) is 11.0 Å². The number of aromatic nitrogens is 4. The monoisotopic (exact) mass is 528 g/mol. The average Bonchev–Trinajstić information content (AvgIpc) is 3.37. The smallest absolute Gasteiger partial charge is 0.246 e. The molecule has 2 aromatic carbocycles. The molecule has 39 heavy (non-hydrogen) atoms. The second-order valence-electron chi connectivity index (χ2n) is 9.48. The molecule has 5 rings (SSSR count). The lowest BCUT2D eigenvalue weighted by molar-refractivity contribution is -0.127. The van der Waals surface area contributed by atoms with E-state index in [4.69, 9.17) is 15.6 Å². The molecule has 2 N–H and O–H groups in total. The molecule has 0 saturated carbocycles. The predicted molar refractivity (Wildman–Crippen MR) is 146 cm³/mol. The summed E-state index contributed by atoms with van der Waals surface area (Å²) in [5, 5.41) is 5.55. The van der Waals surface area contributed by atoms with E-state index in [2.05, 4.69) is 16.5 Å². The average molecular weight is 529 g/mol. The number of carbonyl (C=O) groups is 2. The van der Waals surface area contributed by atoms with Crippen LogP contribution < -0.4 is 10.5 Å². The number of Topliss-reactive ketones (excluding diaryl/α,β-unsaturated/α-hetero) is 1. The summed E-state index contributed by atoms with van der Waals surface area (Å²) in [4.78, 5) is 35.3. The molecule has 0 aliphatic carbocycles. The van der Waals surface area contributed by atoms with Crippen LogP contribution in [-0.2, 0) is 11.2 Å². The van der Waals surface area contributed by atoms with Crippen LogP contribution in [0.5, 0.6) is 5.75 Å². The molecule has 1 saturated heterocycles. The van der Waals surface area contributed by atoms with Gasteiger partial charge in [0.25, 0.3) is 0 Å². The molecule has 0 unspecified atom stereocenters. The quantitative estimate of drug-likeness (QED) is 0.266. The van der Waals surface area contributed by atoms with Crippen molar-refractivity contribution in [2.75, 3.05) is 25.9 Å². The van der Waals surface area contributed by atoms with Crippen LogP contribution in [0.25, 0.3) is 22.3 Å². The molecule has 10 heteroatoms. The zero-order chi connectivity index (χ0) is 27.5. The fourth-order valence-electron chi connectivity index (χ4n) is 5.04. The van der Waals surface area contributed by atoms with Gasteiger partial charge in [0.15, 0.2) is 23.0 Å². The summed E-state index contributed by atoms with van der Waals surface area (Å²) >= 11 is 0. The summed E-state index contributed by atoms with van der Waals surface area (Å²) < 4.78 is 21.3. The highest BCUT2D eigenvalue weighted by molar-refractivity contribution is 5.98. The summed E-state index contributed by atoms with van der Waals surface area (Å²) in [6.07, 6.45) is 5.04. The largest absolute Gasteiger partial charge is 0.494 e. The molecule has 200 valence electrons. The maximum atomic E-state index is 14.5. The molecule has 0 radical (unpaired) electrons. The van der Waals surface area contributed by atoms with Gasteiger partial charge in [0.2, 0.25) is 5.91 Å². The summed E-state index contributed by atoms with van der Waals surface area (Å²) in [6, 6.07) is 12.2. The Morgan fingerprint density at radius 3 is 2.74 bits per heavy atom. The van der Waals surface area contributed by atoms with E-state index in [9.17, 15) is 14.0 Å². The Morgan fingerprint density at radius 2 is 2.00 bits per heavy atom. The minimum absolute atomic E-state index is 0.0227. The van der Waals surface area contributed by atoms with Crippen molar-refractivity contribution in [2.24, 2.45) is 0 Å². The minimum Gasteiger partial charge on any atom is -0.494 e. The first-order valence-electron chi connectivity index (χ1n) is 12.8. The van der Waals surface area contributed by atoms with Gasteiger partial charge in [0, 0.05) is 25.1 Å². The predicted octanol–water partition coefficient (Wildman–Crippen LogP) is 4.39. The number of likely N-dealkylation sites (tertiary alicyclic amines) is 1. The van der Waals surface area contributed by atoms with E-state index in [0.717, 1.165) is 24.0 Å². The van der Waals surface area contributed by atoms with Crippen molar-refractivity contribution in [2.45, 2.75) is 31.7 Å². The van der Waals surface area contributed by atoms with Crippen molar-refractivity contribution < 1.29 is 18.7 Å². The Morgan fingerprint density at radius 1 is 1.21 bits per heavy atom. The number of ether oxygens (including phenoxy) is 1. The number of halogens is 1. The molecule has 3 heterocycles. The third-order valence-corrected chi connectivity index (χ3v) is 7.10. The van der Waals surface area contributed by atoms with Gasteiger partial charge < -0.3 is 15.4 Å². The minimum atomic E-state index is -0.641. The van der Waals surface area contributed by atoms with Crippen molar-refractivity contribution in [3.05, 3.63) is 78.4 Å². The number of hydrogen-bond acceptors (Lipinski definition) is 7. The Bertz CT molecular complexity index is 1550. The maximum absolute atomic E-state index is 14.5. The number of carbonyl (C=O) groups excluding carboxylic acids is 2. The zero-order valence-electron chi connectivity index (χ0n) is 21.6. The van der Waals surface area contributed by atoms with Gasteiger partial charge in [-0.3, -0.25) is 9.59 Å². The van der Waals surface area contributed by atoms with Gasteiger partial charge in [-0.05, 0) is 43.0 Å². The number of methoxy groups -OCH3 is 1. The lowest BCUT2D eigenvalue weighted by atomic mass is 10.0. The molecule has 9 nitrogen and oxygen atoms in total. The summed E-state index contributed by atoms with van der Waals surface area (Å²) in [5.74, 6) is -0.660. The highest BCUT2D eigenvalue weighted by Crippen LogP contribution is 2.34. The van der Waals surface area contributed by atoms with E-state index in [1.165, 1.54) is 31.6 Å². The molecule has 0 bridgehead atoms. The van der Waals surface area contributed by atoms with Crippen LogP contribution in [0.15, 0.2) is 61.4 Å². The fraction of sp³-hybridized carbons (Fsp3) is 0.276. The second kappa shape index (κ2) is 11.0. The first-order valence-corrected chi connectivity index (χ1v) is 12.8. The Labute approximate surface area is 225 Å². The van der Waals surface area contributed by atoms with E-state index in [-0.39, 0.29) is 35.5 Å². The maximum Gasteiger partial charge on any atom is 0.246 e. The molecule has 4 aromatic rings. The number of rotatable bonds is 8. The fourth-order valence-corrected chi connectivity index (χ4v) is 5.04. The molecular weight excluding hydrogens is 499 g/mol. The van der Waals surface area contributed by atoms with Gasteiger partial charge in [0.1, 0.15) is 17.8 Å². The van der Waals surface area contributed by atoms with Crippen molar-refractivity contribution >= 4 is 28.5 Å². The van der Waals surface area contributed by atoms with E-state index in [0.29, 0.717) is 42.1 Å². The summed E-state index contributed by atoms with van der Waals surface area (Å²) in [6.45, 7) is 4.79. The SMILES string of the molecule is C=CC(=O)N1CCC[C@@H](n2nc(-c3ccc(CCC(=O)c4cccc(OC)c4F)cc3)c3c(N)ncnc32)C1. The summed E-state index contributed by atoms with van der Waals surface area (Å²) in [5.41, 5.74) is 9.31. The van der Waals surface area contributed by atoms with Crippen LogP contribution in [0.3, 0.4) is 0 Å². The molecule has 0 spiro atoms. The topological polar surface area (TPSA) is 116 Å². The number of anilines is 1. The lowest BCUT2D eigenvalue weighted by Gasteiger charge is -2.32. The van der Waals surface area contributed by atoms with Crippen LogP contribution in [0, 0.1) is 5.82 Å². The first kappa shape index (κ1) is 26.0. The molecule has 1 fully saturated rings. The number of aryl methyl sites for hydroxylation is 1. The van der Waals surface area contributed by atoms with Gasteiger partial charge in [-0.2, -0.15) is 5.10 Å². The van der Waals surface area contributed by atoms with Crippen LogP contribution in [-0.4, -0.2) is 56.5 Å². The van der Waals surface area contributed by atoms with Crippen molar-refractivity contribution in [3.63, 3.8) is 0 Å². The molecule has 1 amide bonds. The van der Waals surface area contributed by atoms with Gasteiger partial charge in [0.05, 0.1) is 24.1 Å². The normalized spacial score (nSPS) is 15.3. The highest BCUT2D eigenvalue weighted by atomic mass is 19.1. The number of ketones is 1. The molecular formula is C29H29FN6O3. The van der Waals surface area contributed by atoms with Gasteiger partial charge in [-0.25, -0.2) is 19.0 Å². The van der Waals surface area contributed by atoms with E-state index < -0.39 is 5.82 Å². The Hall–Kier alpha value is -4.60. The molecule has 2 aromatic heterocycles. The Kier molecular flexibility index (Phi) is 7.36. The molecule has 1 aliphatic rings. The summed E-state index contributed by atoms with van der Waals surface area (Å²) in [7, 11) is 1.37. The number of nitrogens with two attached hydrogens (primary N) is 1. The van der Waals surface area contributed by atoms with Crippen LogP contribution >= 0.6 is 0 Å². The third kappa shape index (κ3) is 5.09. The zero-order valence-corrected chi connectivity index (χ0v) is 21.6. The molecule has 1 aliphatic heterocycles. The van der Waals surface area contributed by atoms with Crippen LogP contribution in [0.1, 0.15) is 41.2 Å². The van der Waals surface area contributed by atoms with Crippen molar-refractivity contribution in [1.82, 2.24) is 24.6 Å². The van der Waals surface area contributed by atoms with Crippen LogP contribution in [0.4, 0.5) is 10.2 Å². The standard InChI is InChI=1S/C29H29FN6O3/c1-3-24(38)35-15-5-6-20(16-35)36-29-25(28(31)32-17-33-29)27(34-36)19-12-9-18(10-13-19)11-14-22(37)21-7-4-8-23(39-2)26(21)30/h3-4,7-10,12-13,17,20H,1,5-6,11,14-16H2,2H3,(H2,31,32,33)/t20-/m1/s1. The number of fused-ring (bicyclic) bond motifs is 1. The second-order valence-corrected chi connectivity index (χ2v) is 9.48. The van der Waals surface area contributed by atoms with Crippen molar-refractivity contribution in [1.29, 1.82) is 0 Å². The number of amides is 1. The van der Waals surface area contributed by atoms with Crippen LogP contribution in [0.2, 0.25) is 0 Å². The number of benzene rings is 2. The number of piperidine rings is 1. The number of nitrogens with zero attached hydrogens (tertiary/aromatic N) is 5. The lowest BCUT2D eigenvalue weighted by Crippen LogP contribution is -2.40. The van der Waals surface area contributed by atoms with Crippen molar-refractivity contribution in [3.8, 4) is 17.0 Å². The number of nitrogen functional groups attached to an aromatic ring is 1. The van der Waals surface area contributed by atoms with E-state index >= 15 is 0 Å². The van der Waals surface area contributed by atoms with Gasteiger partial charge in [-0.15, -0.1) is 0 Å². The van der Waals surface area contributed by atoms with E-state index in [1.807, 2.05) is 28.9 Å². The van der Waals surface area contributed by atoms with Gasteiger partial charge in [-0.1, -0.05) is 36.9 Å². The number of hydrogen-bond donors (Lipinski definition) is 1. The third-order valence-electron chi connectivity index (χ3n) is 7.10. The highest BCUT2D eigenvalue weighted by Gasteiger charge is 2.28. The molecule has 1 atom stereocenters. The Balaban J connectivity index is 1.38.